The summed E-state index contributed by atoms with van der Waals surface area (Å²) in [6.07, 6.45) is -3.91. The van der Waals surface area contributed by atoms with Crippen LogP contribution in [-0.2, 0) is 20.4 Å². The summed E-state index contributed by atoms with van der Waals surface area (Å²) in [5.41, 5.74) is -2.51. The Labute approximate surface area is 214 Å². The summed E-state index contributed by atoms with van der Waals surface area (Å²) in [6.45, 7) is 6.28. The summed E-state index contributed by atoms with van der Waals surface area (Å²) < 4.78 is 73.8. The summed E-state index contributed by atoms with van der Waals surface area (Å²) >= 11 is 1.18. The molecule has 2 aromatic rings. The largest absolute Gasteiger partial charge is 0.421 e. The van der Waals surface area contributed by atoms with E-state index in [0.717, 1.165) is 19.9 Å². The van der Waals surface area contributed by atoms with Gasteiger partial charge in [0, 0.05) is 44.5 Å². The summed E-state index contributed by atoms with van der Waals surface area (Å²) in [6, 6.07) is 9.04. The monoisotopic (exact) mass is 547 g/mol. The molecular weight excluding hydrogens is 515 g/mol. The number of morpholine rings is 1. The number of thiophene rings is 1. The molecule has 1 aromatic carbocycles. The van der Waals surface area contributed by atoms with E-state index in [4.69, 9.17) is 4.74 Å². The molecule has 4 rings (SSSR count). The molecule has 0 saturated carbocycles. The van der Waals surface area contributed by atoms with Crippen LogP contribution < -0.4 is 4.90 Å². The Morgan fingerprint density at radius 2 is 1.83 bits per heavy atom. The molecule has 200 valence electrons. The van der Waals surface area contributed by atoms with Gasteiger partial charge in [-0.15, -0.1) is 11.3 Å². The molecule has 2 aliphatic rings. The minimum absolute atomic E-state index is 0.213. The van der Waals surface area contributed by atoms with E-state index in [9.17, 15) is 26.7 Å². The Hall–Kier alpha value is -1.70. The van der Waals surface area contributed by atoms with Gasteiger partial charge in [-0.1, -0.05) is 25.1 Å². The number of anilines is 1. The molecule has 0 spiro atoms. The van der Waals surface area contributed by atoms with Gasteiger partial charge in [-0.2, -0.15) is 17.5 Å². The molecule has 36 heavy (non-hydrogen) atoms. The molecule has 0 bridgehead atoms. The molecule has 12 heteroatoms. The van der Waals surface area contributed by atoms with Crippen molar-refractivity contribution >= 4 is 27.0 Å². The average Bonchev–Trinajstić information content (AvgIpc) is 3.40. The van der Waals surface area contributed by atoms with Gasteiger partial charge in [0.1, 0.15) is 4.21 Å². The van der Waals surface area contributed by atoms with Gasteiger partial charge in [0.2, 0.25) is 0 Å². The lowest BCUT2D eigenvalue weighted by atomic mass is 9.95. The number of benzene rings is 1. The van der Waals surface area contributed by atoms with Gasteiger partial charge >= 0.3 is 6.18 Å². The number of piperazine rings is 1. The highest BCUT2D eigenvalue weighted by Crippen LogP contribution is 2.39. The van der Waals surface area contributed by atoms with E-state index in [0.29, 0.717) is 36.2 Å². The van der Waals surface area contributed by atoms with Gasteiger partial charge < -0.3 is 14.7 Å². The lowest BCUT2D eigenvalue weighted by Gasteiger charge is -2.46. The van der Waals surface area contributed by atoms with Crippen molar-refractivity contribution in [3.05, 3.63) is 47.3 Å². The fourth-order valence-corrected chi connectivity index (χ4v) is 7.41. The molecule has 2 fully saturated rings. The average molecular weight is 548 g/mol. The zero-order valence-corrected chi connectivity index (χ0v) is 21.9. The van der Waals surface area contributed by atoms with E-state index in [1.807, 2.05) is 0 Å². The fourth-order valence-electron chi connectivity index (χ4n) is 4.80. The SMILES string of the molecule is CC[C@H]1COCCN1C[C@H]1CN(S(=O)(=O)c2cccs2)CCN1c1ccc([C@@](C)(O)C(F)(F)F)cc1. The third-order valence-corrected chi connectivity index (χ3v) is 10.4. The van der Waals surface area contributed by atoms with Crippen LogP contribution in [0, 0.1) is 0 Å². The third kappa shape index (κ3) is 5.44. The van der Waals surface area contributed by atoms with Crippen molar-refractivity contribution in [3.8, 4) is 0 Å². The highest BCUT2D eigenvalue weighted by molar-refractivity contribution is 7.91. The minimum Gasteiger partial charge on any atom is -0.378 e. The van der Waals surface area contributed by atoms with Crippen molar-refractivity contribution in [2.75, 3.05) is 50.8 Å². The van der Waals surface area contributed by atoms with Gasteiger partial charge in [-0.3, -0.25) is 4.90 Å². The molecule has 1 aromatic heterocycles. The number of hydrogen-bond acceptors (Lipinski definition) is 7. The predicted octanol–water partition coefficient (Wildman–Crippen LogP) is 3.51. The maximum absolute atomic E-state index is 13.3. The first kappa shape index (κ1) is 27.3. The Balaban J connectivity index is 1.61. The number of hydrogen-bond donors (Lipinski definition) is 1. The first-order valence-corrected chi connectivity index (χ1v) is 14.3. The van der Waals surface area contributed by atoms with Crippen molar-refractivity contribution in [2.45, 2.75) is 48.3 Å². The van der Waals surface area contributed by atoms with Gasteiger partial charge in [-0.25, -0.2) is 8.42 Å². The zero-order chi connectivity index (χ0) is 26.1. The van der Waals surface area contributed by atoms with E-state index in [1.54, 1.807) is 29.6 Å². The van der Waals surface area contributed by atoms with Crippen LogP contribution in [0.15, 0.2) is 46.0 Å². The molecule has 3 atom stereocenters. The van der Waals surface area contributed by atoms with E-state index >= 15 is 0 Å². The molecular formula is C24H32F3N3O4S2. The van der Waals surface area contributed by atoms with Crippen LogP contribution >= 0.6 is 11.3 Å². The zero-order valence-electron chi connectivity index (χ0n) is 20.3. The quantitative estimate of drug-likeness (QED) is 0.572. The van der Waals surface area contributed by atoms with Crippen LogP contribution in [0.5, 0.6) is 0 Å². The topological polar surface area (TPSA) is 73.3 Å². The summed E-state index contributed by atoms with van der Waals surface area (Å²) in [5.74, 6) is 0. The standard InChI is InChI=1S/C24H32F3N3O4S2/c1-3-19-17-34-13-12-28(19)15-21-16-29(36(32,33)22-5-4-14-35-22)10-11-30(21)20-8-6-18(7-9-20)23(2,31)24(25,26)27/h4-9,14,19,21,31H,3,10-13,15-17H2,1-2H3/t19-,21-,23+/m0/s1. The first-order valence-electron chi connectivity index (χ1n) is 12.0. The Kier molecular flexibility index (Phi) is 8.04. The smallest absolute Gasteiger partial charge is 0.378 e. The molecule has 3 heterocycles. The van der Waals surface area contributed by atoms with E-state index in [1.165, 1.54) is 27.8 Å². The van der Waals surface area contributed by atoms with Gasteiger partial charge in [-0.05, 0) is 42.5 Å². The summed E-state index contributed by atoms with van der Waals surface area (Å²) in [7, 11) is -3.64. The number of aliphatic hydroxyl groups is 1. The number of rotatable bonds is 7. The molecule has 2 saturated heterocycles. The molecule has 0 amide bonds. The fraction of sp³-hybridized carbons (Fsp3) is 0.583. The summed E-state index contributed by atoms with van der Waals surface area (Å²) in [4.78, 5) is 4.37. The van der Waals surface area contributed by atoms with Crippen LogP contribution in [-0.4, -0.2) is 86.9 Å². The number of alkyl halides is 3. The number of ether oxygens (including phenoxy) is 1. The Bertz CT molecular complexity index is 1110. The van der Waals surface area contributed by atoms with Gasteiger partial charge in [0.15, 0.2) is 5.60 Å². The molecule has 1 N–H and O–H groups in total. The molecule has 7 nitrogen and oxygen atoms in total. The van der Waals surface area contributed by atoms with Crippen LogP contribution in [0.1, 0.15) is 25.8 Å². The minimum atomic E-state index is -4.80. The Morgan fingerprint density at radius 3 is 2.44 bits per heavy atom. The van der Waals surface area contributed by atoms with E-state index in [2.05, 4.69) is 16.7 Å². The maximum atomic E-state index is 13.3. The van der Waals surface area contributed by atoms with Crippen LogP contribution in [0.25, 0.3) is 0 Å². The van der Waals surface area contributed by atoms with E-state index < -0.39 is 21.8 Å². The van der Waals surface area contributed by atoms with Crippen molar-refractivity contribution < 1.29 is 31.4 Å². The predicted molar refractivity (Wildman–Crippen MR) is 133 cm³/mol. The molecule has 0 aliphatic carbocycles. The third-order valence-electron chi connectivity index (χ3n) is 7.11. The highest BCUT2D eigenvalue weighted by atomic mass is 32.2. The van der Waals surface area contributed by atoms with Crippen LogP contribution in [0.4, 0.5) is 18.9 Å². The van der Waals surface area contributed by atoms with Crippen LogP contribution in [0.2, 0.25) is 0 Å². The second kappa shape index (κ2) is 10.6. The van der Waals surface area contributed by atoms with Gasteiger partial charge in [0.05, 0.1) is 19.3 Å². The van der Waals surface area contributed by atoms with Crippen LogP contribution in [0.3, 0.4) is 0 Å². The molecule has 2 aliphatic heterocycles. The van der Waals surface area contributed by atoms with E-state index in [-0.39, 0.29) is 30.7 Å². The van der Waals surface area contributed by atoms with Crippen molar-refractivity contribution in [1.29, 1.82) is 0 Å². The summed E-state index contributed by atoms with van der Waals surface area (Å²) in [5, 5.41) is 11.8. The maximum Gasteiger partial charge on any atom is 0.421 e. The molecule has 0 unspecified atom stereocenters. The first-order chi connectivity index (χ1) is 16.9. The second-order valence-corrected chi connectivity index (χ2v) is 12.5. The van der Waals surface area contributed by atoms with Crippen molar-refractivity contribution in [2.24, 2.45) is 0 Å². The lowest BCUT2D eigenvalue weighted by Crippen LogP contribution is -2.60. The number of halogens is 3. The lowest BCUT2D eigenvalue weighted by molar-refractivity contribution is -0.258. The van der Waals surface area contributed by atoms with Crippen molar-refractivity contribution in [3.63, 3.8) is 0 Å². The highest BCUT2D eigenvalue weighted by Gasteiger charge is 2.51. The Morgan fingerprint density at radius 1 is 1.11 bits per heavy atom. The van der Waals surface area contributed by atoms with Crippen molar-refractivity contribution in [1.82, 2.24) is 9.21 Å². The number of nitrogens with zero attached hydrogens (tertiary/aromatic N) is 3. The molecule has 0 radical (unpaired) electrons. The van der Waals surface area contributed by atoms with Gasteiger partial charge in [0.25, 0.3) is 10.0 Å². The number of sulfonamides is 1. The normalized spacial score (nSPS) is 24.6. The second-order valence-electron chi connectivity index (χ2n) is 9.39.